The third kappa shape index (κ3) is 2.68. The third-order valence-corrected chi connectivity index (χ3v) is 2.52. The van der Waals surface area contributed by atoms with E-state index in [0.717, 1.165) is 16.9 Å². The van der Waals surface area contributed by atoms with Crippen molar-refractivity contribution in [3.8, 4) is 5.75 Å². The van der Waals surface area contributed by atoms with Crippen LogP contribution in [0.5, 0.6) is 5.75 Å². The first kappa shape index (κ1) is 11.7. The van der Waals surface area contributed by atoms with E-state index in [1.54, 1.807) is 12.5 Å². The van der Waals surface area contributed by atoms with Crippen LogP contribution in [0, 0.1) is 0 Å². The van der Waals surface area contributed by atoms with Gasteiger partial charge in [0.05, 0.1) is 24.7 Å². The second-order valence-corrected chi connectivity index (χ2v) is 4.24. The van der Waals surface area contributed by atoms with E-state index < -0.39 is 0 Å². The lowest BCUT2D eigenvalue weighted by molar-refractivity contribution is 0.239. The van der Waals surface area contributed by atoms with Crippen LogP contribution in [0.4, 0.5) is 0 Å². The summed E-state index contributed by atoms with van der Waals surface area (Å²) in [5.74, 6) is 0.830. The van der Waals surface area contributed by atoms with Crippen molar-refractivity contribution in [2.45, 2.75) is 26.0 Å². The lowest BCUT2D eigenvalue weighted by atomic mass is 10.0. The monoisotopic (exact) mass is 231 g/mol. The van der Waals surface area contributed by atoms with Crippen LogP contribution in [0.1, 0.15) is 31.0 Å². The molecule has 1 heterocycles. The minimum Gasteiger partial charge on any atom is -0.491 e. The molecule has 3 nitrogen and oxygen atoms in total. The maximum atomic E-state index is 6.20. The highest BCUT2D eigenvalue weighted by molar-refractivity contribution is 5.40. The minimum atomic E-state index is -0.219. The number of benzene rings is 1. The Morgan fingerprint density at radius 2 is 1.94 bits per heavy atom. The summed E-state index contributed by atoms with van der Waals surface area (Å²) < 4.78 is 10.8. The standard InChI is InChI=1S/C14H17NO2/c1-10(2)17-13-6-4-3-5-12(13)14(15)11-7-8-16-9-11/h3-10,14H,15H2,1-2H3. The Hall–Kier alpha value is -1.74. The number of nitrogens with two attached hydrogens (primary N) is 1. The molecule has 0 aliphatic heterocycles. The number of rotatable bonds is 4. The summed E-state index contributed by atoms with van der Waals surface area (Å²) >= 11 is 0. The number of hydrogen-bond acceptors (Lipinski definition) is 3. The van der Waals surface area contributed by atoms with Gasteiger partial charge in [0.2, 0.25) is 0 Å². The van der Waals surface area contributed by atoms with Crippen LogP contribution in [0.25, 0.3) is 0 Å². The average molecular weight is 231 g/mol. The van der Waals surface area contributed by atoms with Crippen LogP contribution < -0.4 is 10.5 Å². The van der Waals surface area contributed by atoms with Crippen LogP contribution in [-0.2, 0) is 0 Å². The van der Waals surface area contributed by atoms with Gasteiger partial charge in [-0.15, -0.1) is 0 Å². The zero-order valence-electron chi connectivity index (χ0n) is 10.1. The summed E-state index contributed by atoms with van der Waals surface area (Å²) in [6.45, 7) is 4.00. The van der Waals surface area contributed by atoms with Crippen molar-refractivity contribution in [2.75, 3.05) is 0 Å². The van der Waals surface area contributed by atoms with E-state index in [1.807, 2.05) is 44.2 Å². The van der Waals surface area contributed by atoms with Crippen molar-refractivity contribution in [3.05, 3.63) is 54.0 Å². The maximum absolute atomic E-state index is 6.20. The molecule has 0 spiro atoms. The fraction of sp³-hybridized carbons (Fsp3) is 0.286. The van der Waals surface area contributed by atoms with Crippen LogP contribution in [0.3, 0.4) is 0 Å². The van der Waals surface area contributed by atoms with Crippen molar-refractivity contribution in [1.29, 1.82) is 0 Å². The Morgan fingerprint density at radius 1 is 1.18 bits per heavy atom. The van der Waals surface area contributed by atoms with E-state index in [4.69, 9.17) is 14.9 Å². The first-order chi connectivity index (χ1) is 8.18. The molecule has 1 atom stereocenters. The largest absolute Gasteiger partial charge is 0.491 e. The van der Waals surface area contributed by atoms with Crippen molar-refractivity contribution >= 4 is 0 Å². The topological polar surface area (TPSA) is 48.4 Å². The highest BCUT2D eigenvalue weighted by Crippen LogP contribution is 2.28. The van der Waals surface area contributed by atoms with Crippen molar-refractivity contribution in [3.63, 3.8) is 0 Å². The predicted octanol–water partition coefficient (Wildman–Crippen LogP) is 3.11. The van der Waals surface area contributed by atoms with Gasteiger partial charge in [-0.3, -0.25) is 0 Å². The first-order valence-corrected chi connectivity index (χ1v) is 5.71. The Balaban J connectivity index is 2.31. The molecule has 1 aromatic heterocycles. The molecular formula is C14H17NO2. The molecular weight excluding hydrogens is 214 g/mol. The van der Waals surface area contributed by atoms with Crippen LogP contribution in [0.15, 0.2) is 47.3 Å². The Kier molecular flexibility index (Phi) is 3.49. The molecule has 2 N–H and O–H groups in total. The summed E-state index contributed by atoms with van der Waals surface area (Å²) in [4.78, 5) is 0. The van der Waals surface area contributed by atoms with Gasteiger partial charge in [-0.2, -0.15) is 0 Å². The number of para-hydroxylation sites is 1. The molecule has 3 heteroatoms. The normalized spacial score (nSPS) is 12.7. The lowest BCUT2D eigenvalue weighted by Gasteiger charge is -2.17. The van der Waals surface area contributed by atoms with Crippen molar-refractivity contribution in [1.82, 2.24) is 0 Å². The second kappa shape index (κ2) is 5.06. The highest BCUT2D eigenvalue weighted by Gasteiger charge is 2.15. The van der Waals surface area contributed by atoms with Gasteiger partial charge >= 0.3 is 0 Å². The SMILES string of the molecule is CC(C)Oc1ccccc1C(N)c1ccoc1. The Labute approximate surface area is 101 Å². The molecule has 0 saturated heterocycles. The van der Waals surface area contributed by atoms with Crippen LogP contribution >= 0.6 is 0 Å². The molecule has 2 aromatic rings. The van der Waals surface area contributed by atoms with Gasteiger partial charge in [-0.1, -0.05) is 18.2 Å². The summed E-state index contributed by atoms with van der Waals surface area (Å²) in [5, 5.41) is 0. The second-order valence-electron chi connectivity index (χ2n) is 4.24. The van der Waals surface area contributed by atoms with E-state index in [0.29, 0.717) is 0 Å². The molecule has 0 aliphatic carbocycles. The van der Waals surface area contributed by atoms with Gasteiger partial charge in [0, 0.05) is 11.1 Å². The first-order valence-electron chi connectivity index (χ1n) is 5.71. The maximum Gasteiger partial charge on any atom is 0.124 e. The Morgan fingerprint density at radius 3 is 2.59 bits per heavy atom. The van der Waals surface area contributed by atoms with E-state index >= 15 is 0 Å². The summed E-state index contributed by atoms with van der Waals surface area (Å²) in [6, 6.07) is 9.48. The van der Waals surface area contributed by atoms with Gasteiger partial charge < -0.3 is 14.9 Å². The minimum absolute atomic E-state index is 0.132. The van der Waals surface area contributed by atoms with E-state index in [2.05, 4.69) is 0 Å². The fourth-order valence-electron chi connectivity index (χ4n) is 1.73. The molecule has 0 saturated carbocycles. The van der Waals surface area contributed by atoms with Crippen molar-refractivity contribution < 1.29 is 9.15 Å². The molecule has 2 rings (SSSR count). The molecule has 0 amide bonds. The molecule has 0 fully saturated rings. The summed E-state index contributed by atoms with van der Waals surface area (Å²) in [5.41, 5.74) is 8.12. The average Bonchev–Trinajstić information content (AvgIpc) is 2.81. The van der Waals surface area contributed by atoms with Gasteiger partial charge in [0.1, 0.15) is 5.75 Å². The Bertz CT molecular complexity index is 463. The summed E-state index contributed by atoms with van der Waals surface area (Å²) in [6.07, 6.45) is 3.42. The summed E-state index contributed by atoms with van der Waals surface area (Å²) in [7, 11) is 0. The van der Waals surface area contributed by atoms with Gasteiger partial charge in [-0.05, 0) is 26.0 Å². The highest BCUT2D eigenvalue weighted by atomic mass is 16.5. The van der Waals surface area contributed by atoms with Gasteiger partial charge in [0.15, 0.2) is 0 Å². The quantitative estimate of drug-likeness (QED) is 0.879. The smallest absolute Gasteiger partial charge is 0.124 e. The molecule has 1 unspecified atom stereocenters. The van der Waals surface area contributed by atoms with E-state index in [9.17, 15) is 0 Å². The van der Waals surface area contributed by atoms with Crippen molar-refractivity contribution in [2.24, 2.45) is 5.73 Å². The number of furan rings is 1. The van der Waals surface area contributed by atoms with E-state index in [1.165, 1.54) is 0 Å². The van der Waals surface area contributed by atoms with E-state index in [-0.39, 0.29) is 12.1 Å². The molecule has 90 valence electrons. The van der Waals surface area contributed by atoms with Crippen LogP contribution in [-0.4, -0.2) is 6.10 Å². The molecule has 0 radical (unpaired) electrons. The molecule has 0 bridgehead atoms. The van der Waals surface area contributed by atoms with Crippen LogP contribution in [0.2, 0.25) is 0 Å². The molecule has 0 aliphatic rings. The predicted molar refractivity (Wildman–Crippen MR) is 66.9 cm³/mol. The number of hydrogen-bond donors (Lipinski definition) is 1. The molecule has 1 aromatic carbocycles. The third-order valence-electron chi connectivity index (χ3n) is 2.52. The fourth-order valence-corrected chi connectivity index (χ4v) is 1.73. The lowest BCUT2D eigenvalue weighted by Crippen LogP contribution is -2.14. The zero-order chi connectivity index (χ0) is 12.3. The molecule has 17 heavy (non-hydrogen) atoms. The van der Waals surface area contributed by atoms with Gasteiger partial charge in [0.25, 0.3) is 0 Å². The zero-order valence-corrected chi connectivity index (χ0v) is 10.1. The number of ether oxygens (including phenoxy) is 1. The van der Waals surface area contributed by atoms with Gasteiger partial charge in [-0.25, -0.2) is 0 Å².